The Labute approximate surface area is 108 Å². The Morgan fingerprint density at radius 1 is 1.42 bits per heavy atom. The van der Waals surface area contributed by atoms with Gasteiger partial charge in [0, 0.05) is 18.8 Å². The molecule has 0 saturated carbocycles. The molecule has 1 aromatic carbocycles. The van der Waals surface area contributed by atoms with Gasteiger partial charge in [0.15, 0.2) is 0 Å². The Bertz CT molecular complexity index is 601. The molecule has 2 rings (SSSR count). The van der Waals surface area contributed by atoms with Crippen molar-refractivity contribution in [1.29, 1.82) is 0 Å². The van der Waals surface area contributed by atoms with Crippen LogP contribution in [0.25, 0.3) is 0 Å². The second kappa shape index (κ2) is 5.05. The smallest absolute Gasteiger partial charge is 0.251 e. The van der Waals surface area contributed by atoms with Crippen molar-refractivity contribution in [2.24, 2.45) is 7.05 Å². The van der Waals surface area contributed by atoms with E-state index in [9.17, 15) is 13.6 Å². The Balaban J connectivity index is 2.10. The lowest BCUT2D eigenvalue weighted by atomic mass is 10.1. The highest BCUT2D eigenvalue weighted by Gasteiger charge is 2.13. The lowest BCUT2D eigenvalue weighted by Crippen LogP contribution is -2.24. The first kappa shape index (κ1) is 13.0. The SMILES string of the molecule is Cn1nccc1CNC(=O)c1cc(F)c(N)c(F)c1. The van der Waals surface area contributed by atoms with Crippen molar-refractivity contribution in [3.63, 3.8) is 0 Å². The van der Waals surface area contributed by atoms with Gasteiger partial charge in [-0.15, -0.1) is 0 Å². The van der Waals surface area contributed by atoms with E-state index in [0.29, 0.717) is 0 Å². The van der Waals surface area contributed by atoms with Gasteiger partial charge in [0.05, 0.1) is 12.2 Å². The second-order valence-corrected chi connectivity index (χ2v) is 3.98. The summed E-state index contributed by atoms with van der Waals surface area (Å²) in [5.41, 5.74) is 5.18. The molecule has 1 aromatic heterocycles. The molecule has 0 spiro atoms. The zero-order valence-corrected chi connectivity index (χ0v) is 10.2. The number of nitrogens with two attached hydrogens (primary N) is 1. The fourth-order valence-corrected chi connectivity index (χ4v) is 1.56. The lowest BCUT2D eigenvalue weighted by Gasteiger charge is -2.07. The van der Waals surface area contributed by atoms with Gasteiger partial charge < -0.3 is 11.1 Å². The predicted octanol–water partition coefficient (Wildman–Crippen LogP) is 1.21. The van der Waals surface area contributed by atoms with Crippen LogP contribution in [0.15, 0.2) is 24.4 Å². The maximum atomic E-state index is 13.2. The standard InChI is InChI=1S/C12H12F2N4O/c1-18-8(2-3-17-18)6-16-12(19)7-4-9(13)11(15)10(14)5-7/h2-5H,6,15H2,1H3,(H,16,19). The summed E-state index contributed by atoms with van der Waals surface area (Å²) in [6.45, 7) is 0.211. The van der Waals surface area contributed by atoms with Gasteiger partial charge in [0.2, 0.25) is 0 Å². The van der Waals surface area contributed by atoms with Crippen LogP contribution in [0, 0.1) is 11.6 Å². The number of nitrogens with one attached hydrogen (secondary N) is 1. The first-order valence-electron chi connectivity index (χ1n) is 5.48. The molecular weight excluding hydrogens is 254 g/mol. The number of halogens is 2. The van der Waals surface area contributed by atoms with Crippen LogP contribution >= 0.6 is 0 Å². The van der Waals surface area contributed by atoms with Crippen LogP contribution in [-0.4, -0.2) is 15.7 Å². The third-order valence-corrected chi connectivity index (χ3v) is 2.69. The molecule has 0 atom stereocenters. The third-order valence-electron chi connectivity index (χ3n) is 2.69. The summed E-state index contributed by atoms with van der Waals surface area (Å²) >= 11 is 0. The molecule has 0 aliphatic carbocycles. The predicted molar refractivity (Wildman–Crippen MR) is 65.1 cm³/mol. The molecule has 100 valence electrons. The summed E-state index contributed by atoms with van der Waals surface area (Å²) in [5.74, 6) is -2.49. The molecule has 3 N–H and O–H groups in total. The molecule has 7 heteroatoms. The number of anilines is 1. The Morgan fingerprint density at radius 2 is 2.05 bits per heavy atom. The van der Waals surface area contributed by atoms with Crippen molar-refractivity contribution < 1.29 is 13.6 Å². The van der Waals surface area contributed by atoms with Gasteiger partial charge in [-0.3, -0.25) is 9.48 Å². The molecule has 2 aromatic rings. The number of nitrogen functional groups attached to an aromatic ring is 1. The fourth-order valence-electron chi connectivity index (χ4n) is 1.56. The molecule has 0 saturated heterocycles. The number of benzene rings is 1. The topological polar surface area (TPSA) is 72.9 Å². The zero-order chi connectivity index (χ0) is 14.0. The first-order valence-corrected chi connectivity index (χ1v) is 5.48. The maximum Gasteiger partial charge on any atom is 0.251 e. The average molecular weight is 266 g/mol. The minimum absolute atomic E-state index is 0.119. The van der Waals surface area contributed by atoms with Gasteiger partial charge in [0.25, 0.3) is 5.91 Å². The number of hydrogen-bond acceptors (Lipinski definition) is 3. The summed E-state index contributed by atoms with van der Waals surface area (Å²) in [5, 5.41) is 6.48. The van der Waals surface area contributed by atoms with E-state index in [0.717, 1.165) is 17.8 Å². The van der Waals surface area contributed by atoms with Crippen molar-refractivity contribution in [3.05, 3.63) is 47.3 Å². The third kappa shape index (κ3) is 2.70. The second-order valence-electron chi connectivity index (χ2n) is 3.98. The summed E-state index contributed by atoms with van der Waals surface area (Å²) in [6.07, 6.45) is 1.59. The highest BCUT2D eigenvalue weighted by molar-refractivity contribution is 5.94. The maximum absolute atomic E-state index is 13.2. The van der Waals surface area contributed by atoms with Gasteiger partial charge in [-0.2, -0.15) is 5.10 Å². The monoisotopic (exact) mass is 266 g/mol. The highest BCUT2D eigenvalue weighted by atomic mass is 19.1. The van der Waals surface area contributed by atoms with E-state index in [-0.39, 0.29) is 12.1 Å². The van der Waals surface area contributed by atoms with Crippen molar-refractivity contribution in [2.45, 2.75) is 6.54 Å². The molecule has 0 aliphatic rings. The van der Waals surface area contributed by atoms with Crippen molar-refractivity contribution in [1.82, 2.24) is 15.1 Å². The summed E-state index contributed by atoms with van der Waals surface area (Å²) in [6, 6.07) is 3.53. The number of aryl methyl sites for hydroxylation is 1. The summed E-state index contributed by atoms with van der Waals surface area (Å²) < 4.78 is 28.0. The van der Waals surface area contributed by atoms with Crippen molar-refractivity contribution >= 4 is 11.6 Å². The summed E-state index contributed by atoms with van der Waals surface area (Å²) in [7, 11) is 1.73. The highest BCUT2D eigenvalue weighted by Crippen LogP contribution is 2.17. The largest absolute Gasteiger partial charge is 0.394 e. The number of rotatable bonds is 3. The van der Waals surface area contributed by atoms with Gasteiger partial charge in [-0.1, -0.05) is 0 Å². The fraction of sp³-hybridized carbons (Fsp3) is 0.167. The van der Waals surface area contributed by atoms with Crippen LogP contribution < -0.4 is 11.1 Å². The minimum Gasteiger partial charge on any atom is -0.394 e. The number of aromatic nitrogens is 2. The van der Waals surface area contributed by atoms with Gasteiger partial charge in [0.1, 0.15) is 17.3 Å². The Morgan fingerprint density at radius 3 is 2.58 bits per heavy atom. The molecule has 1 amide bonds. The molecular formula is C12H12F2N4O. The Hall–Kier alpha value is -2.44. The summed E-state index contributed by atoms with van der Waals surface area (Å²) in [4.78, 5) is 11.8. The van der Waals surface area contributed by atoms with Crippen LogP contribution in [0.1, 0.15) is 16.1 Å². The molecule has 1 heterocycles. The van der Waals surface area contributed by atoms with Gasteiger partial charge >= 0.3 is 0 Å². The number of carbonyl (C=O) groups is 1. The van der Waals surface area contributed by atoms with E-state index in [2.05, 4.69) is 10.4 Å². The quantitative estimate of drug-likeness (QED) is 0.820. The van der Waals surface area contributed by atoms with Crippen LogP contribution in [0.3, 0.4) is 0 Å². The average Bonchev–Trinajstić information content (AvgIpc) is 2.78. The van der Waals surface area contributed by atoms with Crippen LogP contribution in [0.4, 0.5) is 14.5 Å². The molecule has 0 radical (unpaired) electrons. The molecule has 0 unspecified atom stereocenters. The van der Waals surface area contributed by atoms with Crippen molar-refractivity contribution in [2.75, 3.05) is 5.73 Å². The Kier molecular flexibility index (Phi) is 3.46. The number of amides is 1. The molecule has 0 bridgehead atoms. The van der Waals surface area contributed by atoms with E-state index in [1.54, 1.807) is 24.0 Å². The van der Waals surface area contributed by atoms with E-state index in [4.69, 9.17) is 5.73 Å². The molecule has 0 aliphatic heterocycles. The van der Waals surface area contributed by atoms with Crippen LogP contribution in [-0.2, 0) is 13.6 Å². The molecule has 0 fully saturated rings. The van der Waals surface area contributed by atoms with E-state index in [1.807, 2.05) is 0 Å². The van der Waals surface area contributed by atoms with Crippen LogP contribution in [0.2, 0.25) is 0 Å². The van der Waals surface area contributed by atoms with E-state index >= 15 is 0 Å². The van der Waals surface area contributed by atoms with Gasteiger partial charge in [-0.25, -0.2) is 8.78 Å². The zero-order valence-electron chi connectivity index (χ0n) is 10.2. The number of carbonyl (C=O) groups excluding carboxylic acids is 1. The van der Waals surface area contributed by atoms with E-state index < -0.39 is 23.2 Å². The lowest BCUT2D eigenvalue weighted by molar-refractivity contribution is 0.0949. The minimum atomic E-state index is -0.953. The van der Waals surface area contributed by atoms with E-state index in [1.165, 1.54) is 0 Å². The van der Waals surface area contributed by atoms with Crippen LogP contribution in [0.5, 0.6) is 0 Å². The van der Waals surface area contributed by atoms with Crippen molar-refractivity contribution in [3.8, 4) is 0 Å². The molecule has 19 heavy (non-hydrogen) atoms. The number of hydrogen-bond donors (Lipinski definition) is 2. The molecule has 5 nitrogen and oxygen atoms in total. The van der Waals surface area contributed by atoms with Gasteiger partial charge in [-0.05, 0) is 18.2 Å². The normalized spacial score (nSPS) is 10.5. The first-order chi connectivity index (χ1) is 8.99. The number of nitrogens with zero attached hydrogens (tertiary/aromatic N) is 2.